The zero-order valence-electron chi connectivity index (χ0n) is 31.5. The molecule has 11 rings (SSSR count). The number of hydrogen-bond acceptors (Lipinski definition) is 3. The molecule has 0 fully saturated rings. The zero-order chi connectivity index (χ0) is 38.4. The van der Waals surface area contributed by atoms with Crippen molar-refractivity contribution in [3.05, 3.63) is 212 Å². The van der Waals surface area contributed by atoms with E-state index in [-0.39, 0.29) is 0 Å². The van der Waals surface area contributed by atoms with Crippen LogP contribution in [0.5, 0.6) is 0 Å². The number of aromatic nitrogens is 3. The standard InChI is InChI=1S/C55H35N3/c1-2-12-36(13-3-1)40-30-31-50-43(33-40)18-11-23-52(50)55-57-53(56-54(58-55)51-21-9-8-20-49(51)45-27-24-37-14-4-5-16-39(37)32-45)46-29-26-41-34-44(28-25-42(41)35-46)48-22-10-17-38-15-6-7-19-47(38)48/h1-35H. The summed E-state index contributed by atoms with van der Waals surface area (Å²) in [4.78, 5) is 15.8. The third-order valence-electron chi connectivity index (χ3n) is 11.3. The quantitative estimate of drug-likeness (QED) is 0.171. The molecule has 0 spiro atoms. The Balaban J connectivity index is 1.07. The van der Waals surface area contributed by atoms with Crippen LogP contribution in [-0.2, 0) is 0 Å². The van der Waals surface area contributed by atoms with Gasteiger partial charge in [-0.2, -0.15) is 0 Å². The van der Waals surface area contributed by atoms with Gasteiger partial charge in [0.15, 0.2) is 17.5 Å². The molecular formula is C55H35N3. The summed E-state index contributed by atoms with van der Waals surface area (Å²) in [6.45, 7) is 0. The topological polar surface area (TPSA) is 38.7 Å². The molecule has 3 heteroatoms. The van der Waals surface area contributed by atoms with Crippen LogP contribution in [0.1, 0.15) is 0 Å². The Hall–Kier alpha value is -7.75. The van der Waals surface area contributed by atoms with E-state index in [1.54, 1.807) is 0 Å². The Labute approximate surface area is 336 Å². The highest BCUT2D eigenvalue weighted by Crippen LogP contribution is 2.37. The lowest BCUT2D eigenvalue weighted by Crippen LogP contribution is -2.01. The van der Waals surface area contributed by atoms with Gasteiger partial charge in [-0.1, -0.05) is 188 Å². The smallest absolute Gasteiger partial charge is 0.164 e. The van der Waals surface area contributed by atoms with E-state index in [4.69, 9.17) is 15.0 Å². The molecule has 0 bridgehead atoms. The third kappa shape index (κ3) is 6.07. The van der Waals surface area contributed by atoms with Crippen molar-refractivity contribution >= 4 is 43.1 Å². The lowest BCUT2D eigenvalue weighted by Gasteiger charge is -2.14. The second-order valence-electron chi connectivity index (χ2n) is 14.8. The van der Waals surface area contributed by atoms with Gasteiger partial charge in [-0.25, -0.2) is 15.0 Å². The number of rotatable bonds is 6. The summed E-state index contributed by atoms with van der Waals surface area (Å²) in [7, 11) is 0. The van der Waals surface area contributed by atoms with Crippen LogP contribution in [0.2, 0.25) is 0 Å². The molecule has 10 aromatic carbocycles. The monoisotopic (exact) mass is 737 g/mol. The number of nitrogens with zero attached hydrogens (tertiary/aromatic N) is 3. The zero-order valence-corrected chi connectivity index (χ0v) is 31.5. The first-order chi connectivity index (χ1) is 28.7. The van der Waals surface area contributed by atoms with Crippen molar-refractivity contribution in [3.8, 4) is 67.5 Å². The van der Waals surface area contributed by atoms with Gasteiger partial charge in [0.05, 0.1) is 0 Å². The second kappa shape index (κ2) is 14.1. The van der Waals surface area contributed by atoms with E-state index >= 15 is 0 Å². The summed E-state index contributed by atoms with van der Waals surface area (Å²) in [6.07, 6.45) is 0. The highest BCUT2D eigenvalue weighted by atomic mass is 15.0. The summed E-state index contributed by atoms with van der Waals surface area (Å²) in [5.74, 6) is 1.90. The molecule has 0 N–H and O–H groups in total. The van der Waals surface area contributed by atoms with Gasteiger partial charge < -0.3 is 0 Å². The molecule has 270 valence electrons. The van der Waals surface area contributed by atoms with Crippen LogP contribution in [0.4, 0.5) is 0 Å². The van der Waals surface area contributed by atoms with E-state index in [0.29, 0.717) is 17.5 Å². The van der Waals surface area contributed by atoms with Crippen molar-refractivity contribution in [1.82, 2.24) is 15.0 Å². The molecule has 58 heavy (non-hydrogen) atoms. The van der Waals surface area contributed by atoms with Crippen LogP contribution in [0.15, 0.2) is 212 Å². The summed E-state index contributed by atoms with van der Waals surface area (Å²) in [6, 6.07) is 75.4. The first-order valence-electron chi connectivity index (χ1n) is 19.7. The largest absolute Gasteiger partial charge is 0.208 e. The van der Waals surface area contributed by atoms with Crippen molar-refractivity contribution in [2.45, 2.75) is 0 Å². The molecule has 0 atom stereocenters. The fourth-order valence-corrected chi connectivity index (χ4v) is 8.35. The minimum Gasteiger partial charge on any atom is -0.208 e. The highest BCUT2D eigenvalue weighted by Gasteiger charge is 2.18. The van der Waals surface area contributed by atoms with Crippen molar-refractivity contribution in [1.29, 1.82) is 0 Å². The Morgan fingerprint density at radius 2 is 0.672 bits per heavy atom. The fourth-order valence-electron chi connectivity index (χ4n) is 8.35. The Morgan fingerprint density at radius 1 is 0.207 bits per heavy atom. The van der Waals surface area contributed by atoms with Crippen LogP contribution in [0.3, 0.4) is 0 Å². The molecule has 1 heterocycles. The summed E-state index contributed by atoms with van der Waals surface area (Å²) in [5, 5.41) is 9.40. The molecule has 3 nitrogen and oxygen atoms in total. The molecular weight excluding hydrogens is 703 g/mol. The van der Waals surface area contributed by atoms with E-state index in [0.717, 1.165) is 49.4 Å². The summed E-state index contributed by atoms with van der Waals surface area (Å²) in [5.41, 5.74) is 9.82. The van der Waals surface area contributed by atoms with E-state index in [2.05, 4.69) is 212 Å². The normalized spacial score (nSPS) is 11.4. The van der Waals surface area contributed by atoms with E-state index in [1.165, 1.54) is 43.8 Å². The minimum atomic E-state index is 0.631. The molecule has 0 radical (unpaired) electrons. The Morgan fingerprint density at radius 3 is 1.48 bits per heavy atom. The van der Waals surface area contributed by atoms with Crippen LogP contribution >= 0.6 is 0 Å². The van der Waals surface area contributed by atoms with Gasteiger partial charge in [0.2, 0.25) is 0 Å². The molecule has 0 saturated heterocycles. The Bertz CT molecular complexity index is 3340. The lowest BCUT2D eigenvalue weighted by atomic mass is 9.95. The number of fused-ring (bicyclic) bond motifs is 4. The van der Waals surface area contributed by atoms with E-state index in [9.17, 15) is 0 Å². The molecule has 0 aliphatic rings. The van der Waals surface area contributed by atoms with E-state index < -0.39 is 0 Å². The first kappa shape index (κ1) is 33.6. The molecule has 0 aliphatic heterocycles. The van der Waals surface area contributed by atoms with Crippen LogP contribution in [-0.4, -0.2) is 15.0 Å². The molecule has 0 aliphatic carbocycles. The van der Waals surface area contributed by atoms with Crippen molar-refractivity contribution in [2.75, 3.05) is 0 Å². The van der Waals surface area contributed by atoms with Gasteiger partial charge in [-0.3, -0.25) is 0 Å². The van der Waals surface area contributed by atoms with Gasteiger partial charge in [0.1, 0.15) is 0 Å². The molecule has 0 saturated carbocycles. The lowest BCUT2D eigenvalue weighted by molar-refractivity contribution is 1.08. The number of benzene rings is 10. The summed E-state index contributed by atoms with van der Waals surface area (Å²) >= 11 is 0. The van der Waals surface area contributed by atoms with Crippen molar-refractivity contribution in [3.63, 3.8) is 0 Å². The molecule has 0 unspecified atom stereocenters. The van der Waals surface area contributed by atoms with Crippen molar-refractivity contribution < 1.29 is 0 Å². The van der Waals surface area contributed by atoms with Gasteiger partial charge in [0, 0.05) is 16.7 Å². The predicted molar refractivity (Wildman–Crippen MR) is 242 cm³/mol. The van der Waals surface area contributed by atoms with Crippen LogP contribution < -0.4 is 0 Å². The van der Waals surface area contributed by atoms with Gasteiger partial charge in [0.25, 0.3) is 0 Å². The fraction of sp³-hybridized carbons (Fsp3) is 0. The number of hydrogen-bond donors (Lipinski definition) is 0. The maximum Gasteiger partial charge on any atom is 0.164 e. The third-order valence-corrected chi connectivity index (χ3v) is 11.3. The van der Waals surface area contributed by atoms with Gasteiger partial charge in [-0.15, -0.1) is 0 Å². The van der Waals surface area contributed by atoms with Crippen LogP contribution in [0, 0.1) is 0 Å². The molecule has 11 aromatic rings. The molecule has 1 aromatic heterocycles. The maximum absolute atomic E-state index is 5.29. The van der Waals surface area contributed by atoms with E-state index in [1.807, 2.05) is 0 Å². The Kier molecular flexibility index (Phi) is 8.15. The van der Waals surface area contributed by atoms with Gasteiger partial charge >= 0.3 is 0 Å². The average Bonchev–Trinajstić information content (AvgIpc) is 3.30. The highest BCUT2D eigenvalue weighted by molar-refractivity contribution is 6.01. The second-order valence-corrected chi connectivity index (χ2v) is 14.8. The summed E-state index contributed by atoms with van der Waals surface area (Å²) < 4.78 is 0. The molecule has 0 amide bonds. The van der Waals surface area contributed by atoms with Crippen LogP contribution in [0.25, 0.3) is 111 Å². The van der Waals surface area contributed by atoms with Crippen molar-refractivity contribution in [2.24, 2.45) is 0 Å². The SMILES string of the molecule is c1ccc(-c2ccc3c(-c4nc(-c5ccc6cc(-c7cccc8ccccc78)ccc6c5)nc(-c5ccccc5-c5ccc6ccccc6c5)n4)cccc3c2)cc1. The average molecular weight is 738 g/mol. The maximum atomic E-state index is 5.29. The minimum absolute atomic E-state index is 0.631. The first-order valence-corrected chi connectivity index (χ1v) is 19.7. The van der Waals surface area contributed by atoms with Gasteiger partial charge in [-0.05, 0) is 101 Å². The predicted octanol–water partition coefficient (Wildman–Crippen LogP) is 14.5.